The van der Waals surface area contributed by atoms with Crippen molar-refractivity contribution >= 4 is 11.1 Å². The molecule has 1 N–H and O–H groups in total. The molecule has 1 atom stereocenters. The predicted molar refractivity (Wildman–Crippen MR) is 84.3 cm³/mol. The molecule has 1 aromatic heterocycles. The third-order valence-electron chi connectivity index (χ3n) is 4.22. The maximum Gasteiger partial charge on any atom is 0.227 e. The number of hydrogen-bond donors (Lipinski definition) is 1. The molecule has 1 aliphatic heterocycles. The standard InChI is InChI=1S/C18H18N2O/c1-2-8-15(14(7-1)13-6-5-11-19-12-13)18-20-16-9-3-4-10-17(16)21-18/h1-4,7-10,13,19H,5-6,11-12H2. The van der Waals surface area contributed by atoms with Gasteiger partial charge in [0.2, 0.25) is 5.89 Å². The van der Waals surface area contributed by atoms with Crippen LogP contribution in [0.2, 0.25) is 0 Å². The molecule has 106 valence electrons. The van der Waals surface area contributed by atoms with E-state index in [-0.39, 0.29) is 0 Å². The highest BCUT2D eigenvalue weighted by molar-refractivity contribution is 5.76. The number of nitrogens with one attached hydrogen (secondary N) is 1. The van der Waals surface area contributed by atoms with Gasteiger partial charge in [-0.3, -0.25) is 0 Å². The van der Waals surface area contributed by atoms with Crippen LogP contribution in [0.25, 0.3) is 22.6 Å². The fourth-order valence-corrected chi connectivity index (χ4v) is 3.15. The molecular weight excluding hydrogens is 260 g/mol. The van der Waals surface area contributed by atoms with Gasteiger partial charge in [-0.05, 0) is 49.1 Å². The third-order valence-corrected chi connectivity index (χ3v) is 4.22. The number of nitrogens with zero attached hydrogens (tertiary/aromatic N) is 1. The Kier molecular flexibility index (Phi) is 3.20. The summed E-state index contributed by atoms with van der Waals surface area (Å²) in [6.07, 6.45) is 2.46. The van der Waals surface area contributed by atoms with Gasteiger partial charge >= 0.3 is 0 Å². The largest absolute Gasteiger partial charge is 0.436 e. The SMILES string of the molecule is c1ccc(C2CCCNC2)c(-c2nc3ccccc3o2)c1. The molecule has 3 aromatic rings. The van der Waals surface area contributed by atoms with E-state index in [1.54, 1.807) is 0 Å². The van der Waals surface area contributed by atoms with Crippen LogP contribution in [0.15, 0.2) is 52.9 Å². The number of para-hydroxylation sites is 2. The average molecular weight is 278 g/mol. The molecule has 0 bridgehead atoms. The Balaban J connectivity index is 1.80. The van der Waals surface area contributed by atoms with Crippen molar-refractivity contribution in [3.63, 3.8) is 0 Å². The lowest BCUT2D eigenvalue weighted by Crippen LogP contribution is -2.28. The quantitative estimate of drug-likeness (QED) is 0.771. The molecule has 2 aromatic carbocycles. The Labute approximate surface area is 124 Å². The first-order valence-corrected chi connectivity index (χ1v) is 7.57. The summed E-state index contributed by atoms with van der Waals surface area (Å²) in [5.41, 5.74) is 4.24. The first-order valence-electron chi connectivity index (χ1n) is 7.57. The van der Waals surface area contributed by atoms with Crippen molar-refractivity contribution in [3.05, 3.63) is 54.1 Å². The van der Waals surface area contributed by atoms with Crippen LogP contribution in [-0.4, -0.2) is 18.1 Å². The maximum absolute atomic E-state index is 5.95. The number of aromatic nitrogens is 1. The Bertz CT molecular complexity index is 724. The van der Waals surface area contributed by atoms with Crippen molar-refractivity contribution in [2.75, 3.05) is 13.1 Å². The second-order valence-electron chi connectivity index (χ2n) is 5.62. The van der Waals surface area contributed by atoms with Gasteiger partial charge in [0.15, 0.2) is 5.58 Å². The van der Waals surface area contributed by atoms with Crippen molar-refractivity contribution in [3.8, 4) is 11.5 Å². The van der Waals surface area contributed by atoms with Crippen LogP contribution in [0, 0.1) is 0 Å². The fourth-order valence-electron chi connectivity index (χ4n) is 3.15. The van der Waals surface area contributed by atoms with E-state index < -0.39 is 0 Å². The molecule has 1 unspecified atom stereocenters. The highest BCUT2D eigenvalue weighted by atomic mass is 16.3. The average Bonchev–Trinajstić information content (AvgIpc) is 2.99. The van der Waals surface area contributed by atoms with Gasteiger partial charge in [-0.15, -0.1) is 0 Å². The third kappa shape index (κ3) is 2.34. The summed E-state index contributed by atoms with van der Waals surface area (Å²) in [7, 11) is 0. The van der Waals surface area contributed by atoms with Crippen molar-refractivity contribution in [2.45, 2.75) is 18.8 Å². The summed E-state index contributed by atoms with van der Waals surface area (Å²) in [5, 5.41) is 3.49. The fraction of sp³-hybridized carbons (Fsp3) is 0.278. The number of hydrogen-bond acceptors (Lipinski definition) is 3. The summed E-state index contributed by atoms with van der Waals surface area (Å²) >= 11 is 0. The van der Waals surface area contributed by atoms with E-state index in [0.29, 0.717) is 5.92 Å². The molecule has 1 fully saturated rings. The normalized spacial score (nSPS) is 19.0. The minimum atomic E-state index is 0.546. The smallest absolute Gasteiger partial charge is 0.227 e. The molecule has 4 rings (SSSR count). The summed E-state index contributed by atoms with van der Waals surface area (Å²) in [6, 6.07) is 16.4. The van der Waals surface area contributed by atoms with Gasteiger partial charge < -0.3 is 9.73 Å². The summed E-state index contributed by atoms with van der Waals surface area (Å²) in [5.74, 6) is 1.28. The second kappa shape index (κ2) is 5.34. The van der Waals surface area contributed by atoms with E-state index >= 15 is 0 Å². The number of rotatable bonds is 2. The molecule has 3 heteroatoms. The molecule has 0 aliphatic carbocycles. The number of benzene rings is 2. The van der Waals surface area contributed by atoms with E-state index in [1.807, 2.05) is 24.3 Å². The molecule has 1 aliphatic rings. The number of fused-ring (bicyclic) bond motifs is 1. The van der Waals surface area contributed by atoms with Crippen LogP contribution < -0.4 is 5.32 Å². The maximum atomic E-state index is 5.95. The van der Waals surface area contributed by atoms with E-state index in [2.05, 4.69) is 34.6 Å². The van der Waals surface area contributed by atoms with Gasteiger partial charge in [-0.25, -0.2) is 4.98 Å². The zero-order valence-corrected chi connectivity index (χ0v) is 11.9. The van der Waals surface area contributed by atoms with E-state index in [4.69, 9.17) is 4.42 Å². The Hall–Kier alpha value is -2.13. The summed E-state index contributed by atoms with van der Waals surface area (Å²) in [4.78, 5) is 4.65. The summed E-state index contributed by atoms with van der Waals surface area (Å²) < 4.78 is 5.95. The van der Waals surface area contributed by atoms with Crippen molar-refractivity contribution in [1.82, 2.24) is 10.3 Å². The van der Waals surface area contributed by atoms with Gasteiger partial charge in [-0.2, -0.15) is 0 Å². The summed E-state index contributed by atoms with van der Waals surface area (Å²) in [6.45, 7) is 2.17. The highest BCUT2D eigenvalue weighted by Gasteiger charge is 2.20. The molecule has 0 saturated carbocycles. The molecule has 3 nitrogen and oxygen atoms in total. The molecule has 0 radical (unpaired) electrons. The van der Waals surface area contributed by atoms with Crippen LogP contribution >= 0.6 is 0 Å². The van der Waals surface area contributed by atoms with Gasteiger partial charge in [0.05, 0.1) is 0 Å². The monoisotopic (exact) mass is 278 g/mol. The zero-order chi connectivity index (χ0) is 14.1. The van der Waals surface area contributed by atoms with Crippen molar-refractivity contribution in [2.24, 2.45) is 0 Å². The lowest BCUT2D eigenvalue weighted by Gasteiger charge is -2.24. The van der Waals surface area contributed by atoms with Crippen LogP contribution in [0.4, 0.5) is 0 Å². The van der Waals surface area contributed by atoms with Crippen molar-refractivity contribution < 1.29 is 4.42 Å². The van der Waals surface area contributed by atoms with E-state index in [9.17, 15) is 0 Å². The number of piperidine rings is 1. The Morgan fingerprint density at radius 2 is 1.90 bits per heavy atom. The number of oxazole rings is 1. The molecule has 2 heterocycles. The van der Waals surface area contributed by atoms with Crippen LogP contribution in [0.3, 0.4) is 0 Å². The van der Waals surface area contributed by atoms with Gasteiger partial charge in [-0.1, -0.05) is 30.3 Å². The molecular formula is C18H18N2O. The molecule has 0 spiro atoms. The lowest BCUT2D eigenvalue weighted by molar-refractivity contribution is 0.461. The van der Waals surface area contributed by atoms with E-state index in [1.165, 1.54) is 18.4 Å². The van der Waals surface area contributed by atoms with Crippen LogP contribution in [0.1, 0.15) is 24.3 Å². The van der Waals surface area contributed by atoms with Crippen LogP contribution in [-0.2, 0) is 0 Å². The minimum absolute atomic E-state index is 0.546. The van der Waals surface area contributed by atoms with E-state index in [0.717, 1.165) is 35.6 Å². The molecule has 0 amide bonds. The Morgan fingerprint density at radius 1 is 1.05 bits per heavy atom. The van der Waals surface area contributed by atoms with Crippen molar-refractivity contribution in [1.29, 1.82) is 0 Å². The first kappa shape index (κ1) is 12.6. The minimum Gasteiger partial charge on any atom is -0.436 e. The highest BCUT2D eigenvalue weighted by Crippen LogP contribution is 2.33. The molecule has 1 saturated heterocycles. The first-order chi connectivity index (χ1) is 10.4. The van der Waals surface area contributed by atoms with Gasteiger partial charge in [0.25, 0.3) is 0 Å². The predicted octanol–water partition coefficient (Wildman–Crippen LogP) is 3.96. The lowest BCUT2D eigenvalue weighted by atomic mass is 9.88. The molecule has 21 heavy (non-hydrogen) atoms. The second-order valence-corrected chi connectivity index (χ2v) is 5.62. The topological polar surface area (TPSA) is 38.1 Å². The van der Waals surface area contributed by atoms with Crippen LogP contribution in [0.5, 0.6) is 0 Å². The van der Waals surface area contributed by atoms with Gasteiger partial charge in [0.1, 0.15) is 5.52 Å². The van der Waals surface area contributed by atoms with Gasteiger partial charge in [0, 0.05) is 12.1 Å². The zero-order valence-electron chi connectivity index (χ0n) is 11.9. The Morgan fingerprint density at radius 3 is 2.76 bits per heavy atom.